The van der Waals surface area contributed by atoms with Crippen LogP contribution in [0.15, 0.2) is 48.5 Å². The van der Waals surface area contributed by atoms with Crippen LogP contribution in [-0.2, 0) is 16.0 Å². The number of hydrogen-bond acceptors (Lipinski definition) is 5. The first-order valence-electron chi connectivity index (χ1n) is 8.81. The number of likely N-dealkylation sites (N-methyl/N-ethyl adjacent to an activating group) is 1. The zero-order chi connectivity index (χ0) is 19.4. The molecular weight excluding hydrogens is 360 g/mol. The van der Waals surface area contributed by atoms with Gasteiger partial charge in [-0.25, -0.2) is 9.78 Å². The van der Waals surface area contributed by atoms with Gasteiger partial charge in [0.25, 0.3) is 5.91 Å². The Morgan fingerprint density at radius 3 is 2.56 bits per heavy atom. The number of esters is 1. The number of nitrogens with zero attached hydrogens (tertiary/aromatic N) is 2. The number of para-hydroxylation sites is 1. The normalized spacial score (nSPS) is 11.0. The van der Waals surface area contributed by atoms with E-state index in [4.69, 9.17) is 4.74 Å². The van der Waals surface area contributed by atoms with Crippen molar-refractivity contribution < 1.29 is 14.3 Å². The van der Waals surface area contributed by atoms with E-state index in [0.717, 1.165) is 20.8 Å². The Bertz CT molecular complexity index is 932. The molecule has 3 rings (SSSR count). The van der Waals surface area contributed by atoms with Crippen molar-refractivity contribution in [3.63, 3.8) is 0 Å². The van der Waals surface area contributed by atoms with Crippen molar-refractivity contribution in [2.45, 2.75) is 26.3 Å². The van der Waals surface area contributed by atoms with E-state index in [2.05, 4.69) is 4.98 Å². The van der Waals surface area contributed by atoms with Gasteiger partial charge in [-0.2, -0.15) is 0 Å². The van der Waals surface area contributed by atoms with Gasteiger partial charge in [-0.3, -0.25) is 4.79 Å². The third-order valence-corrected chi connectivity index (χ3v) is 5.45. The molecule has 0 aliphatic heterocycles. The van der Waals surface area contributed by atoms with Crippen molar-refractivity contribution in [3.05, 3.63) is 64.7 Å². The molecule has 1 heterocycles. The minimum atomic E-state index is -0.489. The molecule has 0 radical (unpaired) electrons. The lowest BCUT2D eigenvalue weighted by molar-refractivity contribution is -0.134. The van der Waals surface area contributed by atoms with Gasteiger partial charge in [0.2, 0.25) is 0 Å². The molecule has 0 aliphatic carbocycles. The highest BCUT2D eigenvalue weighted by Gasteiger charge is 2.18. The molecule has 0 bridgehead atoms. The molecule has 140 valence electrons. The SMILES string of the molecule is CC(C)N(C)C(=O)COC(=O)c1ccccc1Cc1nc2ccccc2s1. The van der Waals surface area contributed by atoms with Gasteiger partial charge in [0.05, 0.1) is 20.8 Å². The number of carbonyl (C=O) groups is 2. The van der Waals surface area contributed by atoms with Gasteiger partial charge in [0.15, 0.2) is 6.61 Å². The molecular formula is C21H22N2O3S. The molecule has 0 saturated carbocycles. The predicted octanol–water partition coefficient (Wildman–Crippen LogP) is 3.91. The van der Waals surface area contributed by atoms with Gasteiger partial charge in [-0.15, -0.1) is 11.3 Å². The number of thiazole rings is 1. The molecule has 5 nitrogen and oxygen atoms in total. The molecule has 0 N–H and O–H groups in total. The summed E-state index contributed by atoms with van der Waals surface area (Å²) in [6.07, 6.45) is 0.546. The van der Waals surface area contributed by atoms with Gasteiger partial charge >= 0.3 is 5.97 Å². The zero-order valence-corrected chi connectivity index (χ0v) is 16.5. The van der Waals surface area contributed by atoms with Crippen molar-refractivity contribution >= 4 is 33.4 Å². The van der Waals surface area contributed by atoms with E-state index >= 15 is 0 Å². The third kappa shape index (κ3) is 4.52. The van der Waals surface area contributed by atoms with Crippen molar-refractivity contribution in [1.29, 1.82) is 0 Å². The number of hydrogen-bond donors (Lipinski definition) is 0. The Hall–Kier alpha value is -2.73. The minimum Gasteiger partial charge on any atom is -0.452 e. The second-order valence-corrected chi connectivity index (χ2v) is 7.70. The maximum atomic E-state index is 12.5. The van der Waals surface area contributed by atoms with E-state index in [9.17, 15) is 9.59 Å². The molecule has 0 atom stereocenters. The van der Waals surface area contributed by atoms with Crippen LogP contribution in [0.1, 0.15) is 34.8 Å². The van der Waals surface area contributed by atoms with Crippen molar-refractivity contribution in [2.75, 3.05) is 13.7 Å². The van der Waals surface area contributed by atoms with Crippen LogP contribution in [0.4, 0.5) is 0 Å². The second-order valence-electron chi connectivity index (χ2n) is 6.58. The standard InChI is InChI=1S/C21H22N2O3S/c1-14(2)23(3)20(24)13-26-21(25)16-9-5-4-8-15(16)12-19-22-17-10-6-7-11-18(17)27-19/h4-11,14H,12-13H2,1-3H3. The summed E-state index contributed by atoms with van der Waals surface area (Å²) >= 11 is 1.61. The van der Waals surface area contributed by atoms with E-state index < -0.39 is 5.97 Å². The third-order valence-electron chi connectivity index (χ3n) is 4.41. The molecule has 3 aromatic rings. The van der Waals surface area contributed by atoms with Gasteiger partial charge < -0.3 is 9.64 Å². The van der Waals surface area contributed by atoms with Crippen LogP contribution < -0.4 is 0 Å². The Labute approximate surface area is 162 Å². The summed E-state index contributed by atoms with van der Waals surface area (Å²) in [5.74, 6) is -0.709. The summed E-state index contributed by atoms with van der Waals surface area (Å²) in [5, 5.41) is 0.937. The van der Waals surface area contributed by atoms with Crippen LogP contribution in [0.5, 0.6) is 0 Å². The second kappa shape index (κ2) is 8.31. The topological polar surface area (TPSA) is 59.5 Å². The molecule has 0 fully saturated rings. The van der Waals surface area contributed by atoms with Gasteiger partial charge in [0.1, 0.15) is 0 Å². The first-order chi connectivity index (χ1) is 13.0. The van der Waals surface area contributed by atoms with Crippen LogP contribution in [-0.4, -0.2) is 41.5 Å². The Kier molecular flexibility index (Phi) is 5.86. The Morgan fingerprint density at radius 1 is 1.11 bits per heavy atom. The summed E-state index contributed by atoms with van der Waals surface area (Å²) in [4.78, 5) is 30.7. The lowest BCUT2D eigenvalue weighted by Crippen LogP contribution is -2.36. The summed E-state index contributed by atoms with van der Waals surface area (Å²) in [5.41, 5.74) is 2.27. The lowest BCUT2D eigenvalue weighted by Gasteiger charge is -2.21. The van der Waals surface area contributed by atoms with E-state index in [1.54, 1.807) is 35.4 Å². The van der Waals surface area contributed by atoms with Gasteiger partial charge in [0, 0.05) is 19.5 Å². The Balaban J connectivity index is 1.73. The molecule has 0 spiro atoms. The van der Waals surface area contributed by atoms with Crippen molar-refractivity contribution in [2.24, 2.45) is 0 Å². The number of aromatic nitrogens is 1. The van der Waals surface area contributed by atoms with Crippen LogP contribution in [0.2, 0.25) is 0 Å². The van der Waals surface area contributed by atoms with E-state index in [1.165, 1.54) is 0 Å². The molecule has 6 heteroatoms. The van der Waals surface area contributed by atoms with Crippen LogP contribution >= 0.6 is 11.3 Å². The summed E-state index contributed by atoms with van der Waals surface area (Å²) in [6, 6.07) is 15.3. The fraction of sp³-hybridized carbons (Fsp3) is 0.286. The first kappa shape index (κ1) is 19.0. The van der Waals surface area contributed by atoms with Crippen LogP contribution in [0.3, 0.4) is 0 Å². The van der Waals surface area contributed by atoms with E-state index in [1.807, 2.05) is 50.2 Å². The number of benzene rings is 2. The lowest BCUT2D eigenvalue weighted by atomic mass is 10.1. The maximum Gasteiger partial charge on any atom is 0.338 e. The van der Waals surface area contributed by atoms with Crippen LogP contribution in [0, 0.1) is 0 Å². The van der Waals surface area contributed by atoms with Gasteiger partial charge in [-0.1, -0.05) is 30.3 Å². The van der Waals surface area contributed by atoms with Gasteiger partial charge in [-0.05, 0) is 37.6 Å². The average molecular weight is 382 g/mol. The average Bonchev–Trinajstić information content (AvgIpc) is 3.07. The monoisotopic (exact) mass is 382 g/mol. The Morgan fingerprint density at radius 2 is 1.81 bits per heavy atom. The van der Waals surface area contributed by atoms with Crippen molar-refractivity contribution in [1.82, 2.24) is 9.88 Å². The largest absolute Gasteiger partial charge is 0.452 e. The highest BCUT2D eigenvalue weighted by molar-refractivity contribution is 7.18. The molecule has 0 saturated heterocycles. The number of amides is 1. The number of fused-ring (bicyclic) bond motifs is 1. The maximum absolute atomic E-state index is 12.5. The van der Waals surface area contributed by atoms with E-state index in [0.29, 0.717) is 12.0 Å². The summed E-state index contributed by atoms with van der Waals surface area (Å²) in [6.45, 7) is 3.56. The predicted molar refractivity (Wildman–Crippen MR) is 107 cm³/mol. The van der Waals surface area contributed by atoms with E-state index in [-0.39, 0.29) is 18.6 Å². The number of carbonyl (C=O) groups excluding carboxylic acids is 2. The quantitative estimate of drug-likeness (QED) is 0.607. The zero-order valence-electron chi connectivity index (χ0n) is 15.6. The molecule has 27 heavy (non-hydrogen) atoms. The van der Waals surface area contributed by atoms with Crippen LogP contribution in [0.25, 0.3) is 10.2 Å². The number of ether oxygens (including phenoxy) is 1. The molecule has 0 unspecified atom stereocenters. The fourth-order valence-electron chi connectivity index (χ4n) is 2.63. The summed E-state index contributed by atoms with van der Waals surface area (Å²) < 4.78 is 6.37. The molecule has 0 aliphatic rings. The van der Waals surface area contributed by atoms with Crippen molar-refractivity contribution in [3.8, 4) is 0 Å². The molecule has 1 aromatic heterocycles. The molecule has 1 amide bonds. The summed E-state index contributed by atoms with van der Waals surface area (Å²) in [7, 11) is 1.70. The highest BCUT2D eigenvalue weighted by Crippen LogP contribution is 2.25. The minimum absolute atomic E-state index is 0.0579. The smallest absolute Gasteiger partial charge is 0.338 e. The fourth-order valence-corrected chi connectivity index (χ4v) is 3.62. The highest BCUT2D eigenvalue weighted by atomic mass is 32.1. The number of rotatable bonds is 6. The molecule has 2 aromatic carbocycles. The first-order valence-corrected chi connectivity index (χ1v) is 9.62.